The molecule has 0 spiro atoms. The molecule has 0 heterocycles. The molecular weight excluding hydrogens is 202 g/mol. The van der Waals surface area contributed by atoms with Crippen molar-refractivity contribution in [2.75, 3.05) is 7.11 Å². The Labute approximate surface area is 83.7 Å². The van der Waals surface area contributed by atoms with Crippen molar-refractivity contribution in [2.45, 2.75) is 18.2 Å². The fraction of sp³-hybridized carbons (Fsp3) is 0.333. The number of sulfonamides is 1. The van der Waals surface area contributed by atoms with Gasteiger partial charge in [0.05, 0.1) is 7.11 Å². The lowest BCUT2D eigenvalue weighted by atomic mass is 10.2. The molecule has 1 aromatic rings. The molecule has 1 rings (SSSR count). The van der Waals surface area contributed by atoms with Gasteiger partial charge in [0.2, 0.25) is 10.0 Å². The van der Waals surface area contributed by atoms with Crippen molar-refractivity contribution in [2.24, 2.45) is 5.14 Å². The molecule has 0 aliphatic rings. The van der Waals surface area contributed by atoms with Crippen LogP contribution < -0.4 is 9.88 Å². The van der Waals surface area contributed by atoms with Crippen LogP contribution in [-0.2, 0) is 16.4 Å². The van der Waals surface area contributed by atoms with Gasteiger partial charge >= 0.3 is 0 Å². The predicted molar refractivity (Wildman–Crippen MR) is 52.6 cm³/mol. The number of primary sulfonamides is 1. The van der Waals surface area contributed by atoms with E-state index in [4.69, 9.17) is 9.88 Å². The van der Waals surface area contributed by atoms with Crippen LogP contribution in [0.1, 0.15) is 12.5 Å². The van der Waals surface area contributed by atoms with Gasteiger partial charge in [0.25, 0.3) is 0 Å². The van der Waals surface area contributed by atoms with E-state index in [2.05, 4.69) is 6.07 Å². The monoisotopic (exact) mass is 214 g/mol. The van der Waals surface area contributed by atoms with E-state index in [9.17, 15) is 8.42 Å². The topological polar surface area (TPSA) is 69.4 Å². The average molecular weight is 214 g/mol. The number of aryl methyl sites for hydroxylation is 1. The van der Waals surface area contributed by atoms with Crippen molar-refractivity contribution >= 4 is 10.0 Å². The zero-order valence-electron chi connectivity index (χ0n) is 8.07. The van der Waals surface area contributed by atoms with Crippen LogP contribution in [0.25, 0.3) is 0 Å². The second-order valence-corrected chi connectivity index (χ2v) is 4.33. The van der Waals surface area contributed by atoms with Crippen molar-refractivity contribution in [3.05, 3.63) is 23.8 Å². The molecule has 14 heavy (non-hydrogen) atoms. The maximum atomic E-state index is 11.2. The van der Waals surface area contributed by atoms with Crippen LogP contribution in [0.2, 0.25) is 0 Å². The van der Waals surface area contributed by atoms with Gasteiger partial charge in [-0.25, -0.2) is 13.6 Å². The van der Waals surface area contributed by atoms with E-state index in [1.807, 2.05) is 6.92 Å². The third kappa shape index (κ3) is 2.24. The van der Waals surface area contributed by atoms with Crippen molar-refractivity contribution in [3.63, 3.8) is 0 Å². The van der Waals surface area contributed by atoms with Crippen LogP contribution in [0.5, 0.6) is 5.75 Å². The molecule has 0 saturated heterocycles. The highest BCUT2D eigenvalue weighted by molar-refractivity contribution is 7.89. The fourth-order valence-electron chi connectivity index (χ4n) is 1.08. The van der Waals surface area contributed by atoms with E-state index in [0.717, 1.165) is 12.0 Å². The molecule has 2 N–H and O–H groups in total. The lowest BCUT2D eigenvalue weighted by Crippen LogP contribution is -2.13. The van der Waals surface area contributed by atoms with E-state index in [1.165, 1.54) is 13.2 Å². The maximum absolute atomic E-state index is 11.2. The molecule has 0 unspecified atom stereocenters. The zero-order valence-corrected chi connectivity index (χ0v) is 8.89. The number of ether oxygens (including phenoxy) is 1. The molecule has 0 bridgehead atoms. The molecular formula is C9H12NO3S. The van der Waals surface area contributed by atoms with Gasteiger partial charge < -0.3 is 4.74 Å². The van der Waals surface area contributed by atoms with Crippen LogP contribution in [0.4, 0.5) is 0 Å². The van der Waals surface area contributed by atoms with Gasteiger partial charge in [-0.1, -0.05) is 6.92 Å². The first-order chi connectivity index (χ1) is 6.49. The Morgan fingerprint density at radius 2 is 2.21 bits per heavy atom. The van der Waals surface area contributed by atoms with Gasteiger partial charge in [-0.3, -0.25) is 0 Å². The minimum Gasteiger partial charge on any atom is -0.495 e. The van der Waals surface area contributed by atoms with Gasteiger partial charge in [-0.2, -0.15) is 0 Å². The first kappa shape index (κ1) is 11.0. The van der Waals surface area contributed by atoms with Gasteiger partial charge in [0.15, 0.2) is 0 Å². The smallest absolute Gasteiger partial charge is 0.241 e. The molecule has 0 aromatic heterocycles. The summed E-state index contributed by atoms with van der Waals surface area (Å²) in [5.74, 6) is 0.157. The zero-order chi connectivity index (χ0) is 10.8. The van der Waals surface area contributed by atoms with Crippen LogP contribution in [0, 0.1) is 6.07 Å². The number of hydrogen-bond acceptors (Lipinski definition) is 3. The van der Waals surface area contributed by atoms with Crippen molar-refractivity contribution in [1.82, 2.24) is 0 Å². The Morgan fingerprint density at radius 3 is 2.64 bits per heavy atom. The predicted octanol–water partition coefficient (Wildman–Crippen LogP) is 0.705. The Hall–Kier alpha value is -1.07. The third-order valence-electron chi connectivity index (χ3n) is 1.85. The van der Waals surface area contributed by atoms with Gasteiger partial charge in [-0.05, 0) is 24.1 Å². The summed E-state index contributed by atoms with van der Waals surface area (Å²) in [7, 11) is -2.35. The number of hydrogen-bond donors (Lipinski definition) is 1. The second kappa shape index (κ2) is 3.98. The molecule has 1 aromatic carbocycles. The summed E-state index contributed by atoms with van der Waals surface area (Å²) in [5, 5.41) is 5.03. The number of benzene rings is 1. The first-order valence-electron chi connectivity index (χ1n) is 4.10. The molecule has 5 heteroatoms. The normalized spacial score (nSPS) is 11.4. The molecule has 0 amide bonds. The molecule has 0 fully saturated rings. The molecule has 0 atom stereocenters. The summed E-state index contributed by atoms with van der Waals surface area (Å²) in [4.78, 5) is -0.0145. The molecule has 1 radical (unpaired) electrons. The Morgan fingerprint density at radius 1 is 1.57 bits per heavy atom. The minimum absolute atomic E-state index is 0.0145. The summed E-state index contributed by atoms with van der Waals surface area (Å²) in [5.41, 5.74) is 0.856. The number of nitrogens with two attached hydrogens (primary N) is 1. The summed E-state index contributed by atoms with van der Waals surface area (Å²) in [6.45, 7) is 1.92. The quantitative estimate of drug-likeness (QED) is 0.805. The lowest BCUT2D eigenvalue weighted by Gasteiger charge is -2.07. The van der Waals surface area contributed by atoms with Gasteiger partial charge in [0, 0.05) is 6.07 Å². The van der Waals surface area contributed by atoms with E-state index in [1.54, 1.807) is 6.07 Å². The van der Waals surface area contributed by atoms with Crippen LogP contribution in [0.15, 0.2) is 17.0 Å². The third-order valence-corrected chi connectivity index (χ3v) is 2.76. The second-order valence-electron chi connectivity index (χ2n) is 2.80. The van der Waals surface area contributed by atoms with E-state index >= 15 is 0 Å². The highest BCUT2D eigenvalue weighted by atomic mass is 32.2. The molecule has 77 valence electrons. The fourth-order valence-corrected chi connectivity index (χ4v) is 1.80. The maximum Gasteiger partial charge on any atom is 0.241 e. The summed E-state index contributed by atoms with van der Waals surface area (Å²) < 4.78 is 27.2. The average Bonchev–Trinajstić information content (AvgIpc) is 2.15. The SMILES string of the molecule is CCc1c[c]c(OC)c(S(N)(=O)=O)c1. The Balaban J connectivity index is 3.37. The van der Waals surface area contributed by atoms with E-state index in [-0.39, 0.29) is 10.6 Å². The van der Waals surface area contributed by atoms with Crippen LogP contribution in [0.3, 0.4) is 0 Å². The largest absolute Gasteiger partial charge is 0.495 e. The Bertz CT molecular complexity index is 426. The summed E-state index contributed by atoms with van der Waals surface area (Å²) >= 11 is 0. The van der Waals surface area contributed by atoms with Gasteiger partial charge in [-0.15, -0.1) is 0 Å². The molecule has 0 aliphatic heterocycles. The molecule has 0 saturated carbocycles. The van der Waals surface area contributed by atoms with Crippen molar-refractivity contribution in [3.8, 4) is 5.75 Å². The summed E-state index contributed by atoms with van der Waals surface area (Å²) in [6, 6.07) is 5.92. The standard InChI is InChI=1S/C9H12NO3S/c1-3-7-4-5-8(13-2)9(6-7)14(10,11)12/h4,6H,3H2,1-2H3,(H2,10,11,12). The van der Waals surface area contributed by atoms with E-state index in [0.29, 0.717) is 0 Å². The minimum atomic E-state index is -3.73. The molecule has 4 nitrogen and oxygen atoms in total. The van der Waals surface area contributed by atoms with Crippen molar-refractivity contribution < 1.29 is 13.2 Å². The van der Waals surface area contributed by atoms with E-state index < -0.39 is 10.0 Å². The van der Waals surface area contributed by atoms with Crippen LogP contribution >= 0.6 is 0 Å². The molecule has 0 aliphatic carbocycles. The van der Waals surface area contributed by atoms with Crippen molar-refractivity contribution in [1.29, 1.82) is 0 Å². The first-order valence-corrected chi connectivity index (χ1v) is 5.65. The highest BCUT2D eigenvalue weighted by Crippen LogP contribution is 2.23. The summed E-state index contributed by atoms with van der Waals surface area (Å²) in [6.07, 6.45) is 0.725. The van der Waals surface area contributed by atoms with Crippen LogP contribution in [-0.4, -0.2) is 15.5 Å². The highest BCUT2D eigenvalue weighted by Gasteiger charge is 2.15. The lowest BCUT2D eigenvalue weighted by molar-refractivity contribution is 0.401. The van der Waals surface area contributed by atoms with Gasteiger partial charge in [0.1, 0.15) is 10.6 Å². The number of methoxy groups -OCH3 is 1. The Kier molecular flexibility index (Phi) is 3.13. The number of rotatable bonds is 3.